The second-order valence-corrected chi connectivity index (χ2v) is 7.87. The lowest BCUT2D eigenvalue weighted by molar-refractivity contribution is 0.444. The fourth-order valence-corrected chi connectivity index (χ4v) is 4.72. The van der Waals surface area contributed by atoms with Gasteiger partial charge in [0.1, 0.15) is 10.7 Å². The number of hydrogen-bond acceptors (Lipinski definition) is 3. The SMILES string of the molecule is CCCC1CCN(S(=O)(=O)c2cc(Br)c(F)cc2N)C1. The second kappa shape index (κ2) is 5.99. The molecule has 1 aromatic carbocycles. The summed E-state index contributed by atoms with van der Waals surface area (Å²) in [5.74, 6) is -0.161. The molecule has 0 bridgehead atoms. The number of sulfonamides is 1. The lowest BCUT2D eigenvalue weighted by Gasteiger charge is -2.18. The summed E-state index contributed by atoms with van der Waals surface area (Å²) >= 11 is 3.00. The monoisotopic (exact) mass is 364 g/mol. The van der Waals surface area contributed by atoms with Crippen molar-refractivity contribution < 1.29 is 12.8 Å². The van der Waals surface area contributed by atoms with Crippen molar-refractivity contribution in [3.05, 3.63) is 22.4 Å². The predicted octanol–water partition coefficient (Wildman–Crippen LogP) is 2.98. The average molecular weight is 365 g/mol. The lowest BCUT2D eigenvalue weighted by atomic mass is 10.0. The number of nitrogens with zero attached hydrogens (tertiary/aromatic N) is 1. The highest BCUT2D eigenvalue weighted by Gasteiger charge is 2.33. The molecular weight excluding hydrogens is 347 g/mol. The molecule has 0 spiro atoms. The van der Waals surface area contributed by atoms with E-state index in [4.69, 9.17) is 5.73 Å². The third kappa shape index (κ3) is 2.99. The predicted molar refractivity (Wildman–Crippen MR) is 80.3 cm³/mol. The van der Waals surface area contributed by atoms with Crippen molar-refractivity contribution >= 4 is 31.6 Å². The van der Waals surface area contributed by atoms with E-state index in [9.17, 15) is 12.8 Å². The van der Waals surface area contributed by atoms with Gasteiger partial charge in [-0.15, -0.1) is 0 Å². The third-order valence-electron chi connectivity index (χ3n) is 3.62. The summed E-state index contributed by atoms with van der Waals surface area (Å²) in [4.78, 5) is -0.0251. The number of rotatable bonds is 4. The van der Waals surface area contributed by atoms with Gasteiger partial charge in [0.25, 0.3) is 0 Å². The van der Waals surface area contributed by atoms with Gasteiger partial charge in [-0.2, -0.15) is 4.31 Å². The first-order valence-electron chi connectivity index (χ1n) is 6.61. The van der Waals surface area contributed by atoms with Crippen molar-refractivity contribution in [2.24, 2.45) is 5.92 Å². The first kappa shape index (κ1) is 15.7. The fraction of sp³-hybridized carbons (Fsp3) is 0.538. The summed E-state index contributed by atoms with van der Waals surface area (Å²) < 4.78 is 40.0. The summed E-state index contributed by atoms with van der Waals surface area (Å²) in [7, 11) is -3.65. The standard InChI is InChI=1S/C13H18BrFN2O2S/c1-2-3-9-4-5-17(8-9)20(18,19)13-6-10(14)11(15)7-12(13)16/h6-7,9H,2-5,8,16H2,1H3. The van der Waals surface area contributed by atoms with E-state index in [0.717, 1.165) is 25.3 Å². The summed E-state index contributed by atoms with van der Waals surface area (Å²) in [5.41, 5.74) is 5.62. The molecule has 0 radical (unpaired) electrons. The van der Waals surface area contributed by atoms with Crippen LogP contribution in [0.5, 0.6) is 0 Å². The van der Waals surface area contributed by atoms with Crippen LogP contribution in [-0.4, -0.2) is 25.8 Å². The molecule has 0 aliphatic carbocycles. The summed E-state index contributed by atoms with van der Waals surface area (Å²) in [6.07, 6.45) is 2.94. The minimum Gasteiger partial charge on any atom is -0.398 e. The Morgan fingerprint density at radius 1 is 1.50 bits per heavy atom. The zero-order valence-corrected chi connectivity index (χ0v) is 13.7. The largest absolute Gasteiger partial charge is 0.398 e. The van der Waals surface area contributed by atoms with E-state index in [1.807, 2.05) is 0 Å². The van der Waals surface area contributed by atoms with Crippen LogP contribution in [-0.2, 0) is 10.0 Å². The zero-order chi connectivity index (χ0) is 14.9. The molecule has 0 saturated carbocycles. The maximum absolute atomic E-state index is 13.4. The van der Waals surface area contributed by atoms with E-state index >= 15 is 0 Å². The van der Waals surface area contributed by atoms with Crippen LogP contribution in [0.25, 0.3) is 0 Å². The number of nitrogen functional groups attached to an aromatic ring is 1. The molecule has 2 N–H and O–H groups in total. The van der Waals surface area contributed by atoms with Gasteiger partial charge in [-0.1, -0.05) is 13.3 Å². The van der Waals surface area contributed by atoms with Crippen LogP contribution in [0, 0.1) is 11.7 Å². The van der Waals surface area contributed by atoms with E-state index in [-0.39, 0.29) is 15.1 Å². The van der Waals surface area contributed by atoms with Gasteiger partial charge in [-0.25, -0.2) is 12.8 Å². The highest BCUT2D eigenvalue weighted by atomic mass is 79.9. The minimum atomic E-state index is -3.65. The first-order chi connectivity index (χ1) is 9.36. The minimum absolute atomic E-state index is 0.0251. The Morgan fingerprint density at radius 3 is 2.85 bits per heavy atom. The van der Waals surface area contributed by atoms with Gasteiger partial charge in [0.05, 0.1) is 10.2 Å². The Morgan fingerprint density at radius 2 is 2.20 bits per heavy atom. The normalized spacial score (nSPS) is 20.4. The number of nitrogens with two attached hydrogens (primary N) is 1. The number of hydrogen-bond donors (Lipinski definition) is 1. The van der Waals surface area contributed by atoms with Crippen molar-refractivity contribution in [3.8, 4) is 0 Å². The maximum Gasteiger partial charge on any atom is 0.245 e. The third-order valence-corrected chi connectivity index (χ3v) is 6.14. The number of anilines is 1. The summed E-state index contributed by atoms with van der Waals surface area (Å²) in [6, 6.07) is 2.28. The Hall–Kier alpha value is -0.660. The average Bonchev–Trinajstić information content (AvgIpc) is 2.83. The van der Waals surface area contributed by atoms with Crippen LogP contribution in [0.15, 0.2) is 21.5 Å². The van der Waals surface area contributed by atoms with Gasteiger partial charge >= 0.3 is 0 Å². The van der Waals surface area contributed by atoms with Crippen LogP contribution < -0.4 is 5.73 Å². The summed E-state index contributed by atoms with van der Waals surface area (Å²) in [5, 5.41) is 0. The lowest BCUT2D eigenvalue weighted by Crippen LogP contribution is -2.29. The zero-order valence-electron chi connectivity index (χ0n) is 11.3. The molecular formula is C13H18BrFN2O2S. The fourth-order valence-electron chi connectivity index (χ4n) is 2.57. The van der Waals surface area contributed by atoms with Crippen LogP contribution in [0.3, 0.4) is 0 Å². The van der Waals surface area contributed by atoms with Crippen molar-refractivity contribution in [2.45, 2.75) is 31.1 Å². The van der Waals surface area contributed by atoms with E-state index in [0.29, 0.717) is 19.0 Å². The quantitative estimate of drug-likeness (QED) is 0.835. The molecule has 1 heterocycles. The first-order valence-corrected chi connectivity index (χ1v) is 8.84. The van der Waals surface area contributed by atoms with E-state index in [1.54, 1.807) is 0 Å². The molecule has 7 heteroatoms. The van der Waals surface area contributed by atoms with Gasteiger partial charge in [-0.3, -0.25) is 0 Å². The van der Waals surface area contributed by atoms with E-state index in [1.165, 1.54) is 10.4 Å². The van der Waals surface area contributed by atoms with Gasteiger partial charge in [0.15, 0.2) is 0 Å². The van der Waals surface area contributed by atoms with Crippen molar-refractivity contribution in [3.63, 3.8) is 0 Å². The van der Waals surface area contributed by atoms with Gasteiger partial charge < -0.3 is 5.73 Å². The number of benzene rings is 1. The maximum atomic E-state index is 13.4. The Kier molecular flexibility index (Phi) is 4.71. The molecule has 1 aromatic rings. The molecule has 4 nitrogen and oxygen atoms in total. The highest BCUT2D eigenvalue weighted by Crippen LogP contribution is 2.32. The molecule has 2 rings (SSSR count). The van der Waals surface area contributed by atoms with Crippen LogP contribution in [0.4, 0.5) is 10.1 Å². The molecule has 1 saturated heterocycles. The Bertz CT molecular complexity index is 607. The van der Waals surface area contributed by atoms with E-state index in [2.05, 4.69) is 22.9 Å². The molecule has 1 aliphatic heterocycles. The number of halogens is 2. The van der Waals surface area contributed by atoms with Crippen molar-refractivity contribution in [2.75, 3.05) is 18.8 Å². The van der Waals surface area contributed by atoms with Crippen LogP contribution in [0.2, 0.25) is 0 Å². The van der Waals surface area contributed by atoms with Crippen molar-refractivity contribution in [1.29, 1.82) is 0 Å². The van der Waals surface area contributed by atoms with Crippen LogP contribution in [0.1, 0.15) is 26.2 Å². The van der Waals surface area contributed by atoms with Crippen molar-refractivity contribution in [1.82, 2.24) is 4.31 Å². The van der Waals surface area contributed by atoms with E-state index < -0.39 is 15.8 Å². The molecule has 0 amide bonds. The van der Waals surface area contributed by atoms with Crippen LogP contribution >= 0.6 is 15.9 Å². The smallest absolute Gasteiger partial charge is 0.245 e. The molecule has 1 unspecified atom stereocenters. The van der Waals surface area contributed by atoms with Gasteiger partial charge in [0.2, 0.25) is 10.0 Å². The molecule has 1 atom stereocenters. The Balaban J connectivity index is 2.30. The second-order valence-electron chi connectivity index (χ2n) is 5.11. The molecule has 20 heavy (non-hydrogen) atoms. The highest BCUT2D eigenvalue weighted by molar-refractivity contribution is 9.10. The Labute approximate surface area is 127 Å². The summed E-state index contributed by atoms with van der Waals surface area (Å²) in [6.45, 7) is 3.11. The van der Waals surface area contributed by atoms with Gasteiger partial charge in [0, 0.05) is 13.1 Å². The molecule has 0 aromatic heterocycles. The molecule has 112 valence electrons. The van der Waals surface area contributed by atoms with Gasteiger partial charge in [-0.05, 0) is 46.8 Å². The molecule has 1 aliphatic rings. The molecule has 1 fully saturated rings. The topological polar surface area (TPSA) is 63.4 Å².